The molecule has 0 saturated heterocycles. The van der Waals surface area contributed by atoms with Crippen LogP contribution in [0.15, 0.2) is 24.4 Å². The van der Waals surface area contributed by atoms with E-state index in [2.05, 4.69) is 4.74 Å². The highest BCUT2D eigenvalue weighted by atomic mass is 19.4. The zero-order valence-electron chi connectivity index (χ0n) is 10.8. The summed E-state index contributed by atoms with van der Waals surface area (Å²) in [6.45, 7) is 0.819. The summed E-state index contributed by atoms with van der Waals surface area (Å²) in [5.74, 6) is -1.97. The van der Waals surface area contributed by atoms with Crippen LogP contribution in [-0.2, 0) is 11.3 Å². The lowest BCUT2D eigenvalue weighted by Gasteiger charge is -2.09. The van der Waals surface area contributed by atoms with Crippen molar-refractivity contribution in [2.75, 3.05) is 0 Å². The van der Waals surface area contributed by atoms with Gasteiger partial charge >= 0.3 is 12.3 Å². The predicted molar refractivity (Wildman–Crippen MR) is 66.3 cm³/mol. The van der Waals surface area contributed by atoms with E-state index in [9.17, 15) is 22.8 Å². The van der Waals surface area contributed by atoms with Crippen molar-refractivity contribution in [3.8, 4) is 5.75 Å². The third kappa shape index (κ3) is 3.33. The molecule has 1 aromatic carbocycles. The number of fused-ring (bicyclic) bond motifs is 1. The molecule has 0 atom stereocenters. The fourth-order valence-electron chi connectivity index (χ4n) is 2.03. The number of hydrogen-bond donors (Lipinski definition) is 1. The summed E-state index contributed by atoms with van der Waals surface area (Å²) in [5.41, 5.74) is 0.425. The number of carboxylic acids is 1. The summed E-state index contributed by atoms with van der Waals surface area (Å²) in [5, 5.41) is 9.19. The van der Waals surface area contributed by atoms with E-state index >= 15 is 0 Å². The van der Waals surface area contributed by atoms with Gasteiger partial charge in [0.15, 0.2) is 5.78 Å². The van der Waals surface area contributed by atoms with Crippen molar-refractivity contribution < 1.29 is 32.6 Å². The predicted octanol–water partition coefficient (Wildman–Crippen LogP) is 2.83. The number of ether oxygens (including phenoxy) is 1. The van der Waals surface area contributed by atoms with Crippen molar-refractivity contribution >= 4 is 22.7 Å². The average molecular weight is 301 g/mol. The van der Waals surface area contributed by atoms with Gasteiger partial charge in [0.05, 0.1) is 5.52 Å². The van der Waals surface area contributed by atoms with Gasteiger partial charge in [-0.15, -0.1) is 13.2 Å². The number of nitrogens with zero attached hydrogens (tertiary/aromatic N) is 1. The highest BCUT2D eigenvalue weighted by Crippen LogP contribution is 2.29. The molecule has 0 aliphatic carbocycles. The van der Waals surface area contributed by atoms with Crippen LogP contribution in [0.1, 0.15) is 17.3 Å². The van der Waals surface area contributed by atoms with E-state index in [1.54, 1.807) is 0 Å². The molecule has 1 heterocycles. The third-order valence-corrected chi connectivity index (χ3v) is 2.77. The summed E-state index contributed by atoms with van der Waals surface area (Å²) < 4.78 is 41.6. The number of halogens is 3. The second kappa shape index (κ2) is 5.12. The Balaban J connectivity index is 2.57. The standard InChI is InChI=1S/C13H10F3NO4/c1-7(18)10-5-17(6-12(19)20)11-4-8(2-3-9(10)11)21-13(14,15)16/h2-5H,6H2,1H3,(H,19,20). The van der Waals surface area contributed by atoms with Gasteiger partial charge < -0.3 is 14.4 Å². The Bertz CT molecular complexity index is 718. The van der Waals surface area contributed by atoms with Crippen LogP contribution in [0.4, 0.5) is 13.2 Å². The Hall–Kier alpha value is -2.51. The van der Waals surface area contributed by atoms with Crippen LogP contribution in [0.25, 0.3) is 10.9 Å². The lowest BCUT2D eigenvalue weighted by molar-refractivity contribution is -0.274. The van der Waals surface area contributed by atoms with Crippen LogP contribution in [0.3, 0.4) is 0 Å². The fraction of sp³-hybridized carbons (Fsp3) is 0.231. The molecule has 2 aromatic rings. The SMILES string of the molecule is CC(=O)c1cn(CC(=O)O)c2cc(OC(F)(F)F)ccc12. The van der Waals surface area contributed by atoms with Crippen molar-refractivity contribution in [2.45, 2.75) is 19.8 Å². The molecule has 0 aliphatic rings. The summed E-state index contributed by atoms with van der Waals surface area (Å²) in [6.07, 6.45) is -3.54. The fourth-order valence-corrected chi connectivity index (χ4v) is 2.03. The van der Waals surface area contributed by atoms with Gasteiger partial charge in [0.25, 0.3) is 0 Å². The van der Waals surface area contributed by atoms with Gasteiger partial charge in [-0.25, -0.2) is 0 Å². The maximum atomic E-state index is 12.2. The molecular formula is C13H10F3NO4. The lowest BCUT2D eigenvalue weighted by Crippen LogP contribution is -2.17. The largest absolute Gasteiger partial charge is 0.573 e. The van der Waals surface area contributed by atoms with Crippen LogP contribution >= 0.6 is 0 Å². The summed E-state index contributed by atoms with van der Waals surface area (Å²) in [6, 6.07) is 3.43. The van der Waals surface area contributed by atoms with Crippen molar-refractivity contribution in [3.63, 3.8) is 0 Å². The number of hydrogen-bond acceptors (Lipinski definition) is 3. The van der Waals surface area contributed by atoms with Gasteiger partial charge in [-0.3, -0.25) is 9.59 Å². The molecule has 1 N–H and O–H groups in total. The van der Waals surface area contributed by atoms with Gasteiger partial charge in [0, 0.05) is 23.2 Å². The summed E-state index contributed by atoms with van der Waals surface area (Å²) >= 11 is 0. The monoisotopic (exact) mass is 301 g/mol. The van der Waals surface area contributed by atoms with E-state index in [0.717, 1.165) is 12.1 Å². The minimum atomic E-state index is -4.85. The highest BCUT2D eigenvalue weighted by Gasteiger charge is 2.31. The minimum Gasteiger partial charge on any atom is -0.480 e. The van der Waals surface area contributed by atoms with E-state index in [4.69, 9.17) is 5.11 Å². The normalized spacial score (nSPS) is 11.6. The van der Waals surface area contributed by atoms with Crippen LogP contribution in [0.2, 0.25) is 0 Å². The van der Waals surface area contributed by atoms with Crippen LogP contribution in [-0.4, -0.2) is 27.8 Å². The maximum absolute atomic E-state index is 12.2. The number of benzene rings is 1. The van der Waals surface area contributed by atoms with E-state index in [1.165, 1.54) is 23.8 Å². The second-order valence-electron chi connectivity index (χ2n) is 4.35. The number of carbonyl (C=O) groups excluding carboxylic acids is 1. The number of alkyl halides is 3. The molecule has 5 nitrogen and oxygen atoms in total. The molecule has 2 rings (SSSR count). The van der Waals surface area contributed by atoms with E-state index in [0.29, 0.717) is 5.39 Å². The Kier molecular flexibility index (Phi) is 3.63. The molecule has 0 fully saturated rings. The first kappa shape index (κ1) is 14.9. The van der Waals surface area contributed by atoms with Crippen LogP contribution in [0, 0.1) is 0 Å². The van der Waals surface area contributed by atoms with Gasteiger partial charge in [-0.2, -0.15) is 0 Å². The second-order valence-corrected chi connectivity index (χ2v) is 4.35. The van der Waals surface area contributed by atoms with Gasteiger partial charge in [-0.05, 0) is 19.1 Å². The summed E-state index contributed by atoms with van der Waals surface area (Å²) in [7, 11) is 0. The Morgan fingerprint density at radius 3 is 2.52 bits per heavy atom. The first-order valence-corrected chi connectivity index (χ1v) is 5.79. The molecule has 0 unspecified atom stereocenters. The van der Waals surface area contributed by atoms with Crippen LogP contribution in [0.5, 0.6) is 5.75 Å². The first-order valence-electron chi connectivity index (χ1n) is 5.79. The molecular weight excluding hydrogens is 291 g/mol. The molecule has 0 radical (unpaired) electrons. The molecule has 0 saturated carbocycles. The number of aromatic nitrogens is 1. The Labute approximate surface area is 116 Å². The quantitative estimate of drug-likeness (QED) is 0.882. The number of ketones is 1. The van der Waals surface area contributed by atoms with Crippen molar-refractivity contribution in [1.82, 2.24) is 4.57 Å². The Morgan fingerprint density at radius 1 is 1.33 bits per heavy atom. The van der Waals surface area contributed by atoms with E-state index in [1.807, 2.05) is 0 Å². The average Bonchev–Trinajstić information content (AvgIpc) is 2.65. The lowest BCUT2D eigenvalue weighted by atomic mass is 10.1. The van der Waals surface area contributed by atoms with Gasteiger partial charge in [0.1, 0.15) is 12.3 Å². The molecule has 0 spiro atoms. The van der Waals surface area contributed by atoms with Gasteiger partial charge in [-0.1, -0.05) is 0 Å². The van der Waals surface area contributed by atoms with Crippen molar-refractivity contribution in [3.05, 3.63) is 30.0 Å². The molecule has 1 aromatic heterocycles. The van der Waals surface area contributed by atoms with Gasteiger partial charge in [0.2, 0.25) is 0 Å². The topological polar surface area (TPSA) is 68.5 Å². The molecule has 0 bridgehead atoms. The summed E-state index contributed by atoms with van der Waals surface area (Å²) in [4.78, 5) is 22.3. The molecule has 0 aliphatic heterocycles. The number of rotatable bonds is 4. The molecule has 0 amide bonds. The van der Waals surface area contributed by atoms with Crippen LogP contribution < -0.4 is 4.74 Å². The minimum absolute atomic E-state index is 0.185. The molecule has 112 valence electrons. The smallest absolute Gasteiger partial charge is 0.480 e. The Morgan fingerprint density at radius 2 is 2.00 bits per heavy atom. The number of Topliss-reactive ketones (excluding diaryl/α,β-unsaturated/α-hetero) is 1. The maximum Gasteiger partial charge on any atom is 0.573 e. The number of aliphatic carboxylic acids is 1. The van der Waals surface area contributed by atoms with Crippen molar-refractivity contribution in [2.24, 2.45) is 0 Å². The number of carbonyl (C=O) groups is 2. The molecule has 21 heavy (non-hydrogen) atoms. The first-order chi connectivity index (χ1) is 9.67. The van der Waals surface area contributed by atoms with E-state index < -0.39 is 24.6 Å². The zero-order valence-corrected chi connectivity index (χ0v) is 10.8. The zero-order chi connectivity index (χ0) is 15.8. The highest BCUT2D eigenvalue weighted by molar-refractivity contribution is 6.07. The van der Waals surface area contributed by atoms with Crippen molar-refractivity contribution in [1.29, 1.82) is 0 Å². The third-order valence-electron chi connectivity index (χ3n) is 2.77. The molecule has 8 heteroatoms. The van der Waals surface area contributed by atoms with E-state index in [-0.39, 0.29) is 16.9 Å². The number of carboxylic acid groups (broad SMARTS) is 1.